The molecule has 0 aliphatic carbocycles. The Kier molecular flexibility index (Phi) is 4.01. The van der Waals surface area contributed by atoms with E-state index in [1.807, 2.05) is 60.1 Å². The normalized spacial score (nSPS) is 16.1. The summed E-state index contributed by atoms with van der Waals surface area (Å²) in [5.41, 5.74) is 3.82. The van der Waals surface area contributed by atoms with Gasteiger partial charge < -0.3 is 19.8 Å². The van der Waals surface area contributed by atoms with Crippen LogP contribution in [0.4, 0.5) is 4.79 Å². The van der Waals surface area contributed by atoms with Gasteiger partial charge in [-0.25, -0.2) is 9.78 Å². The summed E-state index contributed by atoms with van der Waals surface area (Å²) in [6.07, 6.45) is 4.62. The van der Waals surface area contributed by atoms with Crippen molar-refractivity contribution in [3.63, 3.8) is 0 Å². The van der Waals surface area contributed by atoms with E-state index < -0.39 is 0 Å². The topological polar surface area (TPSA) is 67.7 Å². The molecule has 2 aromatic heterocycles. The molecule has 128 valence electrons. The predicted octanol–water partition coefficient (Wildman–Crippen LogP) is 2.97. The molecule has 3 aromatic rings. The minimum atomic E-state index is -0.198. The van der Waals surface area contributed by atoms with E-state index in [1.54, 1.807) is 0 Å². The highest BCUT2D eigenvalue weighted by molar-refractivity contribution is 5.74. The molecule has 2 amide bonds. The van der Waals surface area contributed by atoms with Gasteiger partial charge >= 0.3 is 6.03 Å². The maximum atomic E-state index is 12.3. The molecule has 2 N–H and O–H groups in total. The molecule has 0 fully saturated rings. The van der Waals surface area contributed by atoms with Crippen molar-refractivity contribution in [2.45, 2.75) is 25.9 Å². The Hall–Kier alpha value is -3.02. The molecule has 0 unspecified atom stereocenters. The number of pyridine rings is 1. The quantitative estimate of drug-likeness (QED) is 0.773. The Morgan fingerprint density at radius 3 is 3.12 bits per heavy atom. The summed E-state index contributed by atoms with van der Waals surface area (Å²) in [5, 5.41) is 5.93. The number of rotatable bonds is 3. The predicted molar refractivity (Wildman–Crippen MR) is 94.6 cm³/mol. The third kappa shape index (κ3) is 3.15. The number of nitrogens with zero attached hydrogens (tertiary/aromatic N) is 2. The average molecular weight is 336 g/mol. The Bertz CT molecular complexity index is 886. The van der Waals surface area contributed by atoms with Crippen molar-refractivity contribution in [3.8, 4) is 5.75 Å². The minimum absolute atomic E-state index is 0.0373. The number of amides is 2. The number of urea groups is 1. The van der Waals surface area contributed by atoms with Crippen LogP contribution in [0, 0.1) is 6.92 Å². The number of aromatic nitrogens is 2. The summed E-state index contributed by atoms with van der Waals surface area (Å²) in [6.45, 7) is 3.01. The van der Waals surface area contributed by atoms with E-state index in [1.165, 1.54) is 0 Å². The Labute approximate surface area is 145 Å². The summed E-state index contributed by atoms with van der Waals surface area (Å²) in [5.74, 6) is 0.888. The fraction of sp³-hybridized carbons (Fsp3) is 0.263. The molecule has 1 aromatic carbocycles. The second kappa shape index (κ2) is 6.47. The molecule has 25 heavy (non-hydrogen) atoms. The summed E-state index contributed by atoms with van der Waals surface area (Å²) < 4.78 is 7.68. The van der Waals surface area contributed by atoms with Gasteiger partial charge in [-0.1, -0.05) is 24.3 Å². The number of hydrogen-bond donors (Lipinski definition) is 2. The third-order valence-corrected chi connectivity index (χ3v) is 4.42. The van der Waals surface area contributed by atoms with E-state index in [-0.39, 0.29) is 12.1 Å². The number of imidazole rings is 1. The molecule has 3 heterocycles. The molecule has 6 heteroatoms. The van der Waals surface area contributed by atoms with Crippen molar-refractivity contribution in [3.05, 3.63) is 65.6 Å². The Morgan fingerprint density at radius 1 is 1.32 bits per heavy atom. The lowest BCUT2D eigenvalue weighted by atomic mass is 9.98. The molecule has 0 saturated carbocycles. The number of ether oxygens (including phenoxy) is 1. The van der Waals surface area contributed by atoms with Crippen LogP contribution in [0.25, 0.3) is 5.65 Å². The molecule has 6 nitrogen and oxygen atoms in total. The smallest absolute Gasteiger partial charge is 0.315 e. The van der Waals surface area contributed by atoms with Crippen molar-refractivity contribution in [2.75, 3.05) is 6.61 Å². The molecule has 0 saturated heterocycles. The zero-order chi connectivity index (χ0) is 17.2. The van der Waals surface area contributed by atoms with Crippen molar-refractivity contribution in [2.24, 2.45) is 0 Å². The van der Waals surface area contributed by atoms with Gasteiger partial charge in [-0.2, -0.15) is 0 Å². The van der Waals surface area contributed by atoms with E-state index in [4.69, 9.17) is 4.74 Å². The zero-order valence-electron chi connectivity index (χ0n) is 14.0. The highest BCUT2D eigenvalue weighted by Gasteiger charge is 2.23. The number of carbonyl (C=O) groups excluding carboxylic acids is 1. The summed E-state index contributed by atoms with van der Waals surface area (Å²) in [4.78, 5) is 16.8. The molecule has 4 rings (SSSR count). The molecule has 1 aliphatic rings. The van der Waals surface area contributed by atoms with Crippen molar-refractivity contribution >= 4 is 11.7 Å². The summed E-state index contributed by atoms with van der Waals surface area (Å²) in [6, 6.07) is 11.6. The van der Waals surface area contributed by atoms with Crippen LogP contribution >= 0.6 is 0 Å². The lowest BCUT2D eigenvalue weighted by Crippen LogP contribution is -2.39. The fourth-order valence-electron chi connectivity index (χ4n) is 3.18. The highest BCUT2D eigenvalue weighted by Crippen LogP contribution is 2.34. The van der Waals surface area contributed by atoms with Crippen LogP contribution in [-0.2, 0) is 6.54 Å². The van der Waals surface area contributed by atoms with Gasteiger partial charge in [-0.15, -0.1) is 0 Å². The van der Waals surface area contributed by atoms with Crippen molar-refractivity contribution in [1.82, 2.24) is 20.0 Å². The number of benzene rings is 1. The number of fused-ring (bicyclic) bond motifs is 2. The maximum Gasteiger partial charge on any atom is 0.315 e. The standard InChI is InChI=1S/C19H20N4O2/c1-13-5-4-6-15-16(8-10-25-18(13)15)22-19(24)20-11-14-12-23-9-3-2-7-17(23)21-14/h2-7,9,12,16H,8,10-11H2,1H3,(H2,20,22,24)/t16-/m1/s1. The molecule has 0 spiro atoms. The Morgan fingerprint density at radius 2 is 2.24 bits per heavy atom. The lowest BCUT2D eigenvalue weighted by Gasteiger charge is -2.27. The molecule has 1 aliphatic heterocycles. The first-order chi connectivity index (χ1) is 12.2. The third-order valence-electron chi connectivity index (χ3n) is 4.42. The van der Waals surface area contributed by atoms with Crippen molar-refractivity contribution < 1.29 is 9.53 Å². The first-order valence-electron chi connectivity index (χ1n) is 8.40. The number of carbonyl (C=O) groups is 1. The van der Waals surface area contributed by atoms with Crippen LogP contribution in [0.1, 0.15) is 29.3 Å². The van der Waals surface area contributed by atoms with E-state index in [0.29, 0.717) is 13.2 Å². The minimum Gasteiger partial charge on any atom is -0.493 e. The first-order valence-corrected chi connectivity index (χ1v) is 8.40. The molecular weight excluding hydrogens is 316 g/mol. The van der Waals surface area contributed by atoms with Crippen LogP contribution in [0.5, 0.6) is 5.75 Å². The molecule has 1 atom stereocenters. The molecule has 0 radical (unpaired) electrons. The van der Waals surface area contributed by atoms with Gasteiger partial charge in [0.05, 0.1) is 24.9 Å². The van der Waals surface area contributed by atoms with E-state index in [0.717, 1.165) is 34.6 Å². The van der Waals surface area contributed by atoms with E-state index in [2.05, 4.69) is 15.6 Å². The van der Waals surface area contributed by atoms with Crippen LogP contribution in [-0.4, -0.2) is 22.0 Å². The van der Waals surface area contributed by atoms with Crippen LogP contribution in [0.2, 0.25) is 0 Å². The highest BCUT2D eigenvalue weighted by atomic mass is 16.5. The van der Waals surface area contributed by atoms with Gasteiger partial charge in [-0.3, -0.25) is 0 Å². The van der Waals surface area contributed by atoms with Gasteiger partial charge in [-0.05, 0) is 24.6 Å². The van der Waals surface area contributed by atoms with E-state index in [9.17, 15) is 4.79 Å². The lowest BCUT2D eigenvalue weighted by molar-refractivity contribution is 0.222. The number of nitrogens with one attached hydrogen (secondary N) is 2. The average Bonchev–Trinajstić information content (AvgIpc) is 3.04. The van der Waals surface area contributed by atoms with E-state index >= 15 is 0 Å². The van der Waals surface area contributed by atoms with Crippen LogP contribution in [0.3, 0.4) is 0 Å². The van der Waals surface area contributed by atoms with Gasteiger partial charge in [0.1, 0.15) is 11.4 Å². The van der Waals surface area contributed by atoms with Crippen LogP contribution < -0.4 is 15.4 Å². The van der Waals surface area contributed by atoms with Gasteiger partial charge in [0.2, 0.25) is 0 Å². The monoisotopic (exact) mass is 336 g/mol. The maximum absolute atomic E-state index is 12.3. The zero-order valence-corrected chi connectivity index (χ0v) is 14.0. The van der Waals surface area contributed by atoms with Gasteiger partial charge in [0, 0.05) is 24.4 Å². The van der Waals surface area contributed by atoms with Gasteiger partial charge in [0.15, 0.2) is 0 Å². The van der Waals surface area contributed by atoms with Crippen molar-refractivity contribution in [1.29, 1.82) is 0 Å². The second-order valence-electron chi connectivity index (χ2n) is 6.21. The molecular formula is C19H20N4O2. The number of aryl methyl sites for hydroxylation is 1. The number of hydrogen-bond acceptors (Lipinski definition) is 3. The Balaban J connectivity index is 1.40. The first kappa shape index (κ1) is 15.5. The van der Waals surface area contributed by atoms with Gasteiger partial charge in [0.25, 0.3) is 0 Å². The SMILES string of the molecule is Cc1cccc2c1OCC[C@H]2NC(=O)NCc1cn2ccccc2n1. The molecule has 0 bridgehead atoms. The van der Waals surface area contributed by atoms with Crippen LogP contribution in [0.15, 0.2) is 48.8 Å². The largest absolute Gasteiger partial charge is 0.493 e. The fourth-order valence-corrected chi connectivity index (χ4v) is 3.18. The summed E-state index contributed by atoms with van der Waals surface area (Å²) in [7, 11) is 0. The number of para-hydroxylation sites is 1. The summed E-state index contributed by atoms with van der Waals surface area (Å²) >= 11 is 0. The second-order valence-corrected chi connectivity index (χ2v) is 6.21.